The number of carboxylic acids is 5. The highest BCUT2D eigenvalue weighted by molar-refractivity contribution is 6.37. The molecular formula is C15H16O12. The van der Waals surface area contributed by atoms with Crippen molar-refractivity contribution in [3.63, 3.8) is 0 Å². The monoisotopic (exact) mass is 388 g/mol. The first kappa shape index (κ1) is 25.4. The number of carbonyl (C=O) groups is 7. The summed E-state index contributed by atoms with van der Waals surface area (Å²) < 4.78 is 0. The summed E-state index contributed by atoms with van der Waals surface area (Å²) in [5, 5.41) is 41.2. The lowest BCUT2D eigenvalue weighted by molar-refractivity contribution is -0.147. The molecule has 0 aliphatic rings. The number of aliphatic carboxylic acids is 5. The van der Waals surface area contributed by atoms with Gasteiger partial charge in [0.05, 0.1) is 12.3 Å². The van der Waals surface area contributed by atoms with Crippen molar-refractivity contribution >= 4 is 41.4 Å². The van der Waals surface area contributed by atoms with E-state index in [9.17, 15) is 33.6 Å². The van der Waals surface area contributed by atoms with Crippen LogP contribution in [0.25, 0.3) is 0 Å². The lowest BCUT2D eigenvalue weighted by Gasteiger charge is -2.02. The van der Waals surface area contributed by atoms with Gasteiger partial charge >= 0.3 is 29.8 Å². The van der Waals surface area contributed by atoms with Gasteiger partial charge in [-0.25, -0.2) is 9.59 Å². The molecular weight excluding hydrogens is 372 g/mol. The highest BCUT2D eigenvalue weighted by Crippen LogP contribution is 2.05. The Kier molecular flexibility index (Phi) is 12.7. The fraction of sp³-hybridized carbons (Fsp3) is 0.267. The van der Waals surface area contributed by atoms with Gasteiger partial charge in [0, 0.05) is 6.42 Å². The third-order valence-corrected chi connectivity index (χ3v) is 2.41. The molecule has 0 saturated heterocycles. The Morgan fingerprint density at radius 1 is 0.704 bits per heavy atom. The van der Waals surface area contributed by atoms with E-state index in [0.29, 0.717) is 6.08 Å². The molecule has 0 aromatic carbocycles. The molecule has 0 aromatic heterocycles. The minimum Gasteiger partial charge on any atom is -0.481 e. The van der Waals surface area contributed by atoms with Gasteiger partial charge in [-0.3, -0.25) is 24.0 Å². The first-order chi connectivity index (χ1) is 12.4. The Morgan fingerprint density at radius 3 is 1.56 bits per heavy atom. The van der Waals surface area contributed by atoms with Gasteiger partial charge in [0.1, 0.15) is 0 Å². The Bertz CT molecular complexity index is 670. The van der Waals surface area contributed by atoms with Gasteiger partial charge in [-0.15, -0.1) is 0 Å². The lowest BCUT2D eigenvalue weighted by atomic mass is 10.1. The van der Waals surface area contributed by atoms with Crippen LogP contribution in [0.2, 0.25) is 0 Å². The molecule has 0 rings (SSSR count). The molecule has 0 aliphatic carbocycles. The van der Waals surface area contributed by atoms with E-state index in [1.165, 1.54) is 6.08 Å². The molecule has 0 spiro atoms. The number of allylic oxidation sites excluding steroid dienone is 1. The van der Waals surface area contributed by atoms with Gasteiger partial charge in [0.25, 0.3) is 11.6 Å². The standard InChI is InChI=1S/C8H8O7.C7H8O5/c9-5(8(14)15)2-1-4(7(12)13)3-6(10)11;8-5(7(11)12)3-1-2-4-6(9)10/h1-2,4H,3H2,(H,10,11)(H,12,13)(H,14,15);1,3H,2,4H2,(H,9,10)(H,11,12). The smallest absolute Gasteiger partial charge is 0.376 e. The van der Waals surface area contributed by atoms with Crippen LogP contribution < -0.4 is 0 Å². The number of hydrogen-bond donors (Lipinski definition) is 5. The second-order valence-electron chi connectivity index (χ2n) is 4.58. The molecule has 0 heterocycles. The number of rotatable bonds is 11. The van der Waals surface area contributed by atoms with Crippen LogP contribution >= 0.6 is 0 Å². The maximum absolute atomic E-state index is 10.5. The summed E-state index contributed by atoms with van der Waals surface area (Å²) in [6, 6.07) is 0. The van der Waals surface area contributed by atoms with E-state index in [-0.39, 0.29) is 12.8 Å². The molecule has 0 saturated carbocycles. The van der Waals surface area contributed by atoms with Gasteiger partial charge in [0.15, 0.2) is 0 Å². The summed E-state index contributed by atoms with van der Waals surface area (Å²) in [5.41, 5.74) is 0. The molecule has 1 atom stereocenters. The van der Waals surface area contributed by atoms with Gasteiger partial charge < -0.3 is 25.5 Å². The first-order valence-corrected chi connectivity index (χ1v) is 6.94. The summed E-state index contributed by atoms with van der Waals surface area (Å²) >= 11 is 0. The lowest BCUT2D eigenvalue weighted by Crippen LogP contribution is -2.17. The zero-order valence-electron chi connectivity index (χ0n) is 13.6. The molecule has 12 heteroatoms. The maximum atomic E-state index is 10.5. The van der Waals surface area contributed by atoms with Gasteiger partial charge in [-0.1, -0.05) is 12.2 Å². The fourth-order valence-electron chi connectivity index (χ4n) is 1.17. The van der Waals surface area contributed by atoms with Crippen LogP contribution in [-0.4, -0.2) is 66.9 Å². The van der Waals surface area contributed by atoms with Crippen LogP contribution in [0.5, 0.6) is 0 Å². The Hall–Kier alpha value is -3.83. The molecule has 0 amide bonds. The van der Waals surface area contributed by atoms with Crippen LogP contribution in [0.15, 0.2) is 24.3 Å². The summed E-state index contributed by atoms with van der Waals surface area (Å²) in [4.78, 5) is 71.4. The molecule has 0 bridgehead atoms. The number of carboxylic acid groups (broad SMARTS) is 5. The van der Waals surface area contributed by atoms with Crippen LogP contribution in [-0.2, 0) is 33.6 Å². The highest BCUT2D eigenvalue weighted by atomic mass is 16.4. The number of ketones is 2. The molecule has 27 heavy (non-hydrogen) atoms. The third-order valence-electron chi connectivity index (χ3n) is 2.41. The second-order valence-corrected chi connectivity index (χ2v) is 4.58. The van der Waals surface area contributed by atoms with Crippen molar-refractivity contribution in [2.75, 3.05) is 0 Å². The van der Waals surface area contributed by atoms with Crippen LogP contribution in [0, 0.1) is 5.92 Å². The molecule has 5 N–H and O–H groups in total. The second kappa shape index (κ2) is 13.5. The SMILES string of the molecule is O=C(O)CC(C=CC(=O)C(=O)O)C(=O)O.O=C(O)CCC=CC(=O)C(=O)O. The number of hydrogen-bond acceptors (Lipinski definition) is 7. The molecule has 0 fully saturated rings. The van der Waals surface area contributed by atoms with Crippen molar-refractivity contribution in [3.8, 4) is 0 Å². The van der Waals surface area contributed by atoms with Crippen LogP contribution in [0.3, 0.4) is 0 Å². The topological polar surface area (TPSA) is 221 Å². The summed E-state index contributed by atoms with van der Waals surface area (Å²) in [5.74, 6) is -10.8. The Morgan fingerprint density at radius 2 is 1.19 bits per heavy atom. The van der Waals surface area contributed by atoms with E-state index >= 15 is 0 Å². The fourth-order valence-corrected chi connectivity index (χ4v) is 1.17. The average molecular weight is 388 g/mol. The Balaban J connectivity index is 0. The zero-order chi connectivity index (χ0) is 21.6. The van der Waals surface area contributed by atoms with Crippen LogP contribution in [0.1, 0.15) is 19.3 Å². The van der Waals surface area contributed by atoms with Crippen molar-refractivity contribution < 1.29 is 59.1 Å². The summed E-state index contributed by atoms with van der Waals surface area (Å²) in [7, 11) is 0. The molecule has 1 unspecified atom stereocenters. The normalized spacial score (nSPS) is 11.3. The predicted molar refractivity (Wildman–Crippen MR) is 83.8 cm³/mol. The van der Waals surface area contributed by atoms with Crippen molar-refractivity contribution in [2.24, 2.45) is 5.92 Å². The van der Waals surface area contributed by atoms with Crippen molar-refractivity contribution in [3.05, 3.63) is 24.3 Å². The average Bonchev–Trinajstić information content (AvgIpc) is 2.54. The van der Waals surface area contributed by atoms with E-state index in [1.807, 2.05) is 0 Å². The van der Waals surface area contributed by atoms with Gasteiger partial charge in [0.2, 0.25) is 0 Å². The van der Waals surface area contributed by atoms with Crippen molar-refractivity contribution in [1.29, 1.82) is 0 Å². The highest BCUT2D eigenvalue weighted by Gasteiger charge is 2.18. The summed E-state index contributed by atoms with van der Waals surface area (Å²) in [6.45, 7) is 0. The van der Waals surface area contributed by atoms with Crippen molar-refractivity contribution in [1.82, 2.24) is 0 Å². The van der Waals surface area contributed by atoms with Gasteiger partial charge in [-0.2, -0.15) is 0 Å². The predicted octanol–water partition coefficient (Wildman–Crippen LogP) is -0.567. The minimum absolute atomic E-state index is 0.108. The molecule has 12 nitrogen and oxygen atoms in total. The van der Waals surface area contributed by atoms with E-state index in [0.717, 1.165) is 12.2 Å². The molecule has 148 valence electrons. The number of carbonyl (C=O) groups excluding carboxylic acids is 2. The molecule has 0 aliphatic heterocycles. The quantitative estimate of drug-likeness (QED) is 0.222. The largest absolute Gasteiger partial charge is 0.481 e. The maximum Gasteiger partial charge on any atom is 0.376 e. The first-order valence-electron chi connectivity index (χ1n) is 6.94. The Labute approximate surface area is 151 Å². The third kappa shape index (κ3) is 15.4. The van der Waals surface area contributed by atoms with Crippen LogP contribution in [0.4, 0.5) is 0 Å². The van der Waals surface area contributed by atoms with E-state index in [4.69, 9.17) is 25.5 Å². The zero-order valence-corrected chi connectivity index (χ0v) is 13.6. The molecule has 0 radical (unpaired) electrons. The minimum atomic E-state index is -1.73. The summed E-state index contributed by atoms with van der Waals surface area (Å²) in [6.07, 6.45) is 2.70. The van der Waals surface area contributed by atoms with E-state index < -0.39 is 53.8 Å². The van der Waals surface area contributed by atoms with E-state index in [1.54, 1.807) is 0 Å². The van der Waals surface area contributed by atoms with Crippen molar-refractivity contribution in [2.45, 2.75) is 19.3 Å². The van der Waals surface area contributed by atoms with E-state index in [2.05, 4.69) is 0 Å². The molecule has 0 aromatic rings. The van der Waals surface area contributed by atoms with Gasteiger partial charge in [-0.05, 0) is 18.6 Å².